The molecule has 2 bridgehead atoms. The Kier molecular flexibility index (Phi) is 5.62. The van der Waals surface area contributed by atoms with E-state index in [1.54, 1.807) is 31.4 Å². The van der Waals surface area contributed by atoms with Gasteiger partial charge in [-0.1, -0.05) is 13.0 Å². The van der Waals surface area contributed by atoms with Crippen LogP contribution in [-0.2, 0) is 11.8 Å². The van der Waals surface area contributed by atoms with Gasteiger partial charge >= 0.3 is 5.97 Å². The number of likely N-dealkylation sites (tertiary alicyclic amines) is 1. The van der Waals surface area contributed by atoms with Gasteiger partial charge in [0.1, 0.15) is 11.5 Å². The summed E-state index contributed by atoms with van der Waals surface area (Å²) >= 11 is 0. The van der Waals surface area contributed by atoms with Crippen molar-refractivity contribution >= 4 is 5.97 Å². The zero-order chi connectivity index (χ0) is 22.3. The van der Waals surface area contributed by atoms with Gasteiger partial charge in [0, 0.05) is 18.0 Å². The summed E-state index contributed by atoms with van der Waals surface area (Å²) in [6.45, 7) is 5.45. The van der Waals surface area contributed by atoms with E-state index in [4.69, 9.17) is 14.6 Å². The fourth-order valence-electron chi connectivity index (χ4n) is 6.05. The maximum Gasteiger partial charge on any atom is 0.335 e. The SMILES string of the molecule is COc1ccc2c(c1)[C@@]1(CCOc3ccc(C(=O)O)cc3)CCN(CC3CC3)[C@H](C2)[C@@H]1C. The normalized spacial score (nSPS) is 26.9. The second-order valence-corrected chi connectivity index (χ2v) is 9.86. The molecule has 32 heavy (non-hydrogen) atoms. The van der Waals surface area contributed by atoms with E-state index in [0.717, 1.165) is 43.2 Å². The Hall–Kier alpha value is -2.53. The molecule has 5 rings (SSSR count). The van der Waals surface area contributed by atoms with Crippen molar-refractivity contribution in [2.45, 2.75) is 50.5 Å². The standard InChI is InChI=1S/C27H33NO4/c1-18-25-15-21-7-10-23(31-2)16-24(21)27(18,11-13-28(25)17-19-3-4-19)12-14-32-22-8-5-20(6-9-22)26(29)30/h5-10,16,18-19,25H,3-4,11-15,17H2,1-2H3,(H,29,30)/t18-,25+,27+/m0/s1. The summed E-state index contributed by atoms with van der Waals surface area (Å²) < 4.78 is 11.7. The number of fused-ring (bicyclic) bond motifs is 4. The second kappa shape index (κ2) is 8.43. The number of methoxy groups -OCH3 is 1. The molecule has 0 spiro atoms. The van der Waals surface area contributed by atoms with Crippen LogP contribution in [0.25, 0.3) is 0 Å². The molecule has 0 unspecified atom stereocenters. The summed E-state index contributed by atoms with van der Waals surface area (Å²) in [5, 5.41) is 9.11. The van der Waals surface area contributed by atoms with Crippen molar-refractivity contribution in [2.75, 3.05) is 26.8 Å². The van der Waals surface area contributed by atoms with Gasteiger partial charge in [-0.2, -0.15) is 0 Å². The van der Waals surface area contributed by atoms with Gasteiger partial charge in [-0.15, -0.1) is 0 Å². The first-order valence-corrected chi connectivity index (χ1v) is 11.9. The molecular formula is C27H33NO4. The van der Waals surface area contributed by atoms with Gasteiger partial charge in [-0.3, -0.25) is 4.90 Å². The highest BCUT2D eigenvalue weighted by Crippen LogP contribution is 2.52. The summed E-state index contributed by atoms with van der Waals surface area (Å²) in [7, 11) is 1.74. The number of piperidine rings is 1. The van der Waals surface area contributed by atoms with Crippen molar-refractivity contribution in [1.82, 2.24) is 4.90 Å². The molecule has 2 aromatic carbocycles. The number of carbonyl (C=O) groups is 1. The van der Waals surface area contributed by atoms with Crippen molar-refractivity contribution in [3.8, 4) is 11.5 Å². The van der Waals surface area contributed by atoms with Crippen LogP contribution < -0.4 is 9.47 Å². The minimum atomic E-state index is -0.916. The highest BCUT2D eigenvalue weighted by atomic mass is 16.5. The van der Waals surface area contributed by atoms with Gasteiger partial charge in [-0.25, -0.2) is 4.79 Å². The lowest BCUT2D eigenvalue weighted by Gasteiger charge is -2.56. The Labute approximate surface area is 190 Å². The first-order valence-electron chi connectivity index (χ1n) is 11.9. The molecule has 1 heterocycles. The van der Waals surface area contributed by atoms with Crippen molar-refractivity contribution < 1.29 is 19.4 Å². The average Bonchev–Trinajstić information content (AvgIpc) is 3.61. The quantitative estimate of drug-likeness (QED) is 0.647. The predicted molar refractivity (Wildman–Crippen MR) is 124 cm³/mol. The molecule has 0 amide bonds. The Morgan fingerprint density at radius 1 is 1.16 bits per heavy atom. The molecule has 2 fully saturated rings. The van der Waals surface area contributed by atoms with Crippen LogP contribution in [0.1, 0.15) is 54.1 Å². The van der Waals surface area contributed by atoms with Crippen LogP contribution >= 0.6 is 0 Å². The van der Waals surface area contributed by atoms with Crippen LogP contribution in [0.5, 0.6) is 11.5 Å². The van der Waals surface area contributed by atoms with Crippen LogP contribution in [0.2, 0.25) is 0 Å². The summed E-state index contributed by atoms with van der Waals surface area (Å²) in [6, 6.07) is 13.9. The molecule has 1 saturated carbocycles. The summed E-state index contributed by atoms with van der Waals surface area (Å²) in [5.41, 5.74) is 3.26. The number of carboxylic acid groups (broad SMARTS) is 1. The molecule has 3 aliphatic rings. The van der Waals surface area contributed by atoms with E-state index in [2.05, 4.69) is 30.0 Å². The molecule has 0 radical (unpaired) electrons. The van der Waals surface area contributed by atoms with Gasteiger partial charge in [0.15, 0.2) is 0 Å². The van der Waals surface area contributed by atoms with Gasteiger partial charge in [0.05, 0.1) is 19.3 Å². The molecule has 5 nitrogen and oxygen atoms in total. The lowest BCUT2D eigenvalue weighted by Crippen LogP contribution is -2.59. The predicted octanol–water partition coefficient (Wildman–Crippen LogP) is 4.78. The molecule has 2 aliphatic carbocycles. The van der Waals surface area contributed by atoms with Crippen molar-refractivity contribution in [3.63, 3.8) is 0 Å². The number of carboxylic acids is 1. The van der Waals surface area contributed by atoms with Gasteiger partial charge in [0.2, 0.25) is 0 Å². The third kappa shape index (κ3) is 3.88. The van der Waals surface area contributed by atoms with Gasteiger partial charge in [0.25, 0.3) is 0 Å². The van der Waals surface area contributed by atoms with Crippen LogP contribution in [0.4, 0.5) is 0 Å². The molecule has 0 aromatic heterocycles. The summed E-state index contributed by atoms with van der Waals surface area (Å²) in [4.78, 5) is 13.9. The minimum absolute atomic E-state index is 0.0772. The number of rotatable bonds is 8. The second-order valence-electron chi connectivity index (χ2n) is 9.86. The lowest BCUT2D eigenvalue weighted by atomic mass is 9.56. The van der Waals surface area contributed by atoms with E-state index in [1.165, 1.54) is 30.5 Å². The molecular weight excluding hydrogens is 402 g/mol. The number of nitrogens with zero attached hydrogens (tertiary/aromatic N) is 1. The van der Waals surface area contributed by atoms with Crippen molar-refractivity contribution in [1.29, 1.82) is 0 Å². The maximum atomic E-state index is 11.1. The smallest absolute Gasteiger partial charge is 0.335 e. The largest absolute Gasteiger partial charge is 0.497 e. The molecule has 170 valence electrons. The van der Waals surface area contributed by atoms with E-state index in [9.17, 15) is 4.79 Å². The number of hydrogen-bond donors (Lipinski definition) is 1. The third-order valence-electron chi connectivity index (χ3n) is 8.15. The van der Waals surface area contributed by atoms with E-state index < -0.39 is 5.97 Å². The van der Waals surface area contributed by atoms with Crippen molar-refractivity contribution in [3.05, 3.63) is 59.2 Å². The molecule has 1 aliphatic heterocycles. The zero-order valence-corrected chi connectivity index (χ0v) is 19.0. The topological polar surface area (TPSA) is 59.0 Å². The van der Waals surface area contributed by atoms with Crippen LogP contribution in [-0.4, -0.2) is 48.8 Å². The molecule has 1 N–H and O–H groups in total. The van der Waals surface area contributed by atoms with E-state index >= 15 is 0 Å². The highest BCUT2D eigenvalue weighted by molar-refractivity contribution is 5.87. The Balaban J connectivity index is 1.38. The molecule has 5 heteroatoms. The van der Waals surface area contributed by atoms with Crippen LogP contribution in [0.15, 0.2) is 42.5 Å². The number of benzene rings is 2. The number of ether oxygens (including phenoxy) is 2. The van der Waals surface area contributed by atoms with Crippen molar-refractivity contribution in [2.24, 2.45) is 11.8 Å². The first kappa shape index (κ1) is 21.3. The van der Waals surface area contributed by atoms with E-state index in [0.29, 0.717) is 18.6 Å². The average molecular weight is 436 g/mol. The van der Waals surface area contributed by atoms with Gasteiger partial charge in [-0.05, 0) is 98.0 Å². The van der Waals surface area contributed by atoms with E-state index in [1.807, 2.05) is 0 Å². The first-order chi connectivity index (χ1) is 15.5. The fraction of sp³-hybridized carbons (Fsp3) is 0.519. The Morgan fingerprint density at radius 2 is 1.91 bits per heavy atom. The highest BCUT2D eigenvalue weighted by Gasteiger charge is 2.51. The minimum Gasteiger partial charge on any atom is -0.497 e. The van der Waals surface area contributed by atoms with Crippen LogP contribution in [0, 0.1) is 11.8 Å². The maximum absolute atomic E-state index is 11.1. The van der Waals surface area contributed by atoms with E-state index in [-0.39, 0.29) is 11.0 Å². The Bertz CT molecular complexity index is 984. The number of hydrogen-bond acceptors (Lipinski definition) is 4. The van der Waals surface area contributed by atoms with Gasteiger partial charge < -0.3 is 14.6 Å². The molecule has 2 aromatic rings. The monoisotopic (exact) mass is 435 g/mol. The zero-order valence-electron chi connectivity index (χ0n) is 19.0. The Morgan fingerprint density at radius 3 is 2.59 bits per heavy atom. The molecule has 1 saturated heterocycles. The van der Waals surface area contributed by atoms with Crippen LogP contribution in [0.3, 0.4) is 0 Å². The third-order valence-corrected chi connectivity index (χ3v) is 8.15. The lowest BCUT2D eigenvalue weighted by molar-refractivity contribution is 0.00988. The fourth-order valence-corrected chi connectivity index (χ4v) is 6.05. The summed E-state index contributed by atoms with van der Waals surface area (Å²) in [6.07, 6.45) is 5.99. The molecule has 3 atom stereocenters. The number of aromatic carboxylic acids is 1. The summed E-state index contributed by atoms with van der Waals surface area (Å²) in [5.74, 6) is 2.19.